The van der Waals surface area contributed by atoms with Crippen LogP contribution in [0.2, 0.25) is 0 Å². The summed E-state index contributed by atoms with van der Waals surface area (Å²) < 4.78 is 24.9. The summed E-state index contributed by atoms with van der Waals surface area (Å²) in [6, 6.07) is 0. The van der Waals surface area contributed by atoms with Gasteiger partial charge in [0.05, 0.1) is 5.75 Å². The largest absolute Gasteiger partial charge is 0.214 e. The number of nitrogens with zero attached hydrogens (tertiary/aromatic N) is 1. The zero-order valence-corrected chi connectivity index (χ0v) is 12.3. The third-order valence-corrected chi connectivity index (χ3v) is 4.91. The third kappa shape index (κ3) is 7.30. The second kappa shape index (κ2) is 7.63. The van der Waals surface area contributed by atoms with E-state index in [0.717, 1.165) is 24.6 Å². The molecule has 0 aromatic carbocycles. The van der Waals surface area contributed by atoms with E-state index in [4.69, 9.17) is 0 Å². The molecule has 0 aliphatic carbocycles. The van der Waals surface area contributed by atoms with E-state index in [2.05, 4.69) is 15.9 Å². The van der Waals surface area contributed by atoms with E-state index in [-0.39, 0.29) is 11.7 Å². The van der Waals surface area contributed by atoms with Gasteiger partial charge < -0.3 is 0 Å². The van der Waals surface area contributed by atoms with Gasteiger partial charge in [-0.25, -0.2) is 12.7 Å². The summed E-state index contributed by atoms with van der Waals surface area (Å²) in [5, 5.41) is 0.995. The Hall–Kier alpha value is 0.390. The Bertz CT molecular complexity index is 252. The SMILES string of the molecule is CC(C)CS(=O)(=O)N(C)CCCCCBr. The van der Waals surface area contributed by atoms with Crippen molar-refractivity contribution in [1.82, 2.24) is 4.31 Å². The summed E-state index contributed by atoms with van der Waals surface area (Å²) in [6.07, 6.45) is 3.13. The Morgan fingerprint density at radius 3 is 2.27 bits per heavy atom. The first-order valence-corrected chi connectivity index (χ1v) is 8.13. The number of halogens is 1. The quantitative estimate of drug-likeness (QED) is 0.510. The lowest BCUT2D eigenvalue weighted by Gasteiger charge is -2.18. The van der Waals surface area contributed by atoms with Crippen LogP contribution in [-0.4, -0.2) is 37.4 Å². The highest BCUT2D eigenvalue weighted by Gasteiger charge is 2.18. The third-order valence-electron chi connectivity index (χ3n) is 2.13. The van der Waals surface area contributed by atoms with Gasteiger partial charge >= 0.3 is 0 Å². The van der Waals surface area contributed by atoms with Gasteiger partial charge in [-0.15, -0.1) is 0 Å². The Balaban J connectivity index is 3.92. The summed E-state index contributed by atoms with van der Waals surface area (Å²) in [7, 11) is -1.35. The molecule has 0 aromatic heterocycles. The highest BCUT2D eigenvalue weighted by atomic mass is 79.9. The molecule has 15 heavy (non-hydrogen) atoms. The van der Waals surface area contributed by atoms with E-state index in [0.29, 0.717) is 6.54 Å². The zero-order chi connectivity index (χ0) is 11.9. The first-order chi connectivity index (χ1) is 6.90. The number of sulfonamides is 1. The van der Waals surface area contributed by atoms with Gasteiger partial charge in [0, 0.05) is 18.9 Å². The van der Waals surface area contributed by atoms with Gasteiger partial charge in [0.25, 0.3) is 0 Å². The van der Waals surface area contributed by atoms with E-state index in [1.165, 1.54) is 4.31 Å². The van der Waals surface area contributed by atoms with Crippen LogP contribution in [0.1, 0.15) is 33.1 Å². The molecule has 0 saturated heterocycles. The maximum absolute atomic E-state index is 11.7. The smallest absolute Gasteiger partial charge is 0.212 e. The minimum absolute atomic E-state index is 0.194. The molecule has 0 N–H and O–H groups in total. The van der Waals surface area contributed by atoms with Crippen LogP contribution in [-0.2, 0) is 10.0 Å². The summed E-state index contributed by atoms with van der Waals surface area (Å²) in [4.78, 5) is 0. The Morgan fingerprint density at radius 1 is 1.20 bits per heavy atom. The van der Waals surface area contributed by atoms with Gasteiger partial charge in [0.2, 0.25) is 10.0 Å². The minimum atomic E-state index is -3.03. The van der Waals surface area contributed by atoms with Gasteiger partial charge in [-0.3, -0.25) is 0 Å². The average Bonchev–Trinajstić information content (AvgIpc) is 2.10. The van der Waals surface area contributed by atoms with Crippen LogP contribution in [0.5, 0.6) is 0 Å². The molecule has 0 amide bonds. The Labute approximate surface area is 102 Å². The molecule has 92 valence electrons. The molecular formula is C10H22BrNO2S. The van der Waals surface area contributed by atoms with E-state index < -0.39 is 10.0 Å². The minimum Gasteiger partial charge on any atom is -0.212 e. The van der Waals surface area contributed by atoms with Crippen LogP contribution in [0.15, 0.2) is 0 Å². The molecule has 0 unspecified atom stereocenters. The van der Waals surface area contributed by atoms with E-state index in [1.54, 1.807) is 7.05 Å². The second-order valence-corrected chi connectivity index (χ2v) is 7.16. The molecule has 0 atom stereocenters. The van der Waals surface area contributed by atoms with Crippen LogP contribution in [0.4, 0.5) is 0 Å². The Kier molecular flexibility index (Phi) is 7.83. The molecule has 0 spiro atoms. The fourth-order valence-electron chi connectivity index (χ4n) is 1.29. The summed E-state index contributed by atoms with van der Waals surface area (Å²) in [6.45, 7) is 4.49. The van der Waals surface area contributed by atoms with Crippen molar-refractivity contribution in [1.29, 1.82) is 0 Å². The number of unbranched alkanes of at least 4 members (excludes halogenated alkanes) is 2. The van der Waals surface area contributed by atoms with E-state index >= 15 is 0 Å². The van der Waals surface area contributed by atoms with Gasteiger partial charge in [-0.2, -0.15) is 0 Å². The van der Waals surface area contributed by atoms with Crippen molar-refractivity contribution in [3.8, 4) is 0 Å². The first-order valence-electron chi connectivity index (χ1n) is 5.40. The summed E-state index contributed by atoms with van der Waals surface area (Å²) in [5.41, 5.74) is 0. The standard InChI is InChI=1S/C10H22BrNO2S/c1-10(2)9-15(13,14)12(3)8-6-4-5-7-11/h10H,4-9H2,1-3H3. The zero-order valence-electron chi connectivity index (χ0n) is 9.87. The molecule has 0 aliphatic heterocycles. The van der Waals surface area contributed by atoms with Crippen molar-refractivity contribution in [2.24, 2.45) is 5.92 Å². The first kappa shape index (κ1) is 15.4. The van der Waals surface area contributed by atoms with Crippen LogP contribution >= 0.6 is 15.9 Å². The molecule has 0 rings (SSSR count). The average molecular weight is 300 g/mol. The van der Waals surface area contributed by atoms with Gasteiger partial charge in [0.1, 0.15) is 0 Å². The monoisotopic (exact) mass is 299 g/mol. The molecule has 0 saturated carbocycles. The van der Waals surface area contributed by atoms with Crippen molar-refractivity contribution in [3.63, 3.8) is 0 Å². The van der Waals surface area contributed by atoms with Crippen molar-refractivity contribution < 1.29 is 8.42 Å². The molecule has 0 fully saturated rings. The lowest BCUT2D eigenvalue weighted by molar-refractivity contribution is 0.449. The molecule has 0 aliphatic rings. The fraction of sp³-hybridized carbons (Fsp3) is 1.00. The van der Waals surface area contributed by atoms with Crippen LogP contribution in [0, 0.1) is 5.92 Å². The normalized spacial score (nSPS) is 12.7. The number of rotatable bonds is 8. The molecule has 0 heterocycles. The number of alkyl halides is 1. The lowest BCUT2D eigenvalue weighted by atomic mass is 10.2. The maximum Gasteiger partial charge on any atom is 0.214 e. The highest BCUT2D eigenvalue weighted by Crippen LogP contribution is 2.07. The van der Waals surface area contributed by atoms with E-state index in [9.17, 15) is 8.42 Å². The van der Waals surface area contributed by atoms with Crippen molar-refractivity contribution in [3.05, 3.63) is 0 Å². The predicted molar refractivity (Wildman–Crippen MR) is 68.9 cm³/mol. The molecule has 5 heteroatoms. The van der Waals surface area contributed by atoms with Crippen LogP contribution < -0.4 is 0 Å². The van der Waals surface area contributed by atoms with Gasteiger partial charge in [0.15, 0.2) is 0 Å². The molecule has 3 nitrogen and oxygen atoms in total. The fourth-order valence-corrected chi connectivity index (χ4v) is 3.19. The summed E-state index contributed by atoms with van der Waals surface area (Å²) >= 11 is 3.36. The van der Waals surface area contributed by atoms with E-state index in [1.807, 2.05) is 13.8 Å². The topological polar surface area (TPSA) is 37.4 Å². The van der Waals surface area contributed by atoms with Crippen molar-refractivity contribution >= 4 is 26.0 Å². The molecule has 0 aromatic rings. The molecule has 0 radical (unpaired) electrons. The maximum atomic E-state index is 11.7. The van der Waals surface area contributed by atoms with Crippen molar-refractivity contribution in [2.75, 3.05) is 24.7 Å². The lowest BCUT2D eigenvalue weighted by Crippen LogP contribution is -2.31. The Morgan fingerprint density at radius 2 is 1.80 bits per heavy atom. The van der Waals surface area contributed by atoms with Crippen LogP contribution in [0.25, 0.3) is 0 Å². The van der Waals surface area contributed by atoms with Gasteiger partial charge in [-0.05, 0) is 18.8 Å². The van der Waals surface area contributed by atoms with Crippen molar-refractivity contribution in [2.45, 2.75) is 33.1 Å². The highest BCUT2D eigenvalue weighted by molar-refractivity contribution is 9.09. The summed E-state index contributed by atoms with van der Waals surface area (Å²) in [5.74, 6) is 0.446. The number of hydrogen-bond donors (Lipinski definition) is 0. The molecule has 0 bridgehead atoms. The second-order valence-electron chi connectivity index (χ2n) is 4.24. The van der Waals surface area contributed by atoms with Crippen LogP contribution in [0.3, 0.4) is 0 Å². The predicted octanol–water partition coefficient (Wildman–Crippen LogP) is 2.47. The molecular weight excluding hydrogens is 278 g/mol. The number of hydrogen-bond acceptors (Lipinski definition) is 2. The van der Waals surface area contributed by atoms with Gasteiger partial charge in [-0.1, -0.05) is 36.2 Å².